The SMILES string of the molecule is O=C1CCC2(CCN(C(=O)c3cccc([N+](=O)[O-])c3)C2)C(=O)N1. The molecule has 1 unspecified atom stereocenters. The van der Waals surface area contributed by atoms with Gasteiger partial charge >= 0.3 is 0 Å². The van der Waals surface area contributed by atoms with Gasteiger partial charge in [-0.1, -0.05) is 6.07 Å². The Hall–Kier alpha value is -2.77. The predicted molar refractivity (Wildman–Crippen MR) is 78.4 cm³/mol. The molecule has 1 spiro atoms. The molecule has 3 rings (SSSR count). The summed E-state index contributed by atoms with van der Waals surface area (Å²) in [6, 6.07) is 5.54. The zero-order valence-corrected chi connectivity index (χ0v) is 12.3. The topological polar surface area (TPSA) is 110 Å². The molecule has 1 aromatic carbocycles. The number of piperidine rings is 1. The Kier molecular flexibility index (Phi) is 3.59. The van der Waals surface area contributed by atoms with Crippen molar-refractivity contribution in [3.63, 3.8) is 0 Å². The molecule has 0 radical (unpaired) electrons. The molecule has 2 heterocycles. The van der Waals surface area contributed by atoms with E-state index < -0.39 is 10.3 Å². The first kappa shape index (κ1) is 15.1. The zero-order chi connectivity index (χ0) is 16.6. The first-order valence-corrected chi connectivity index (χ1v) is 7.29. The average molecular weight is 317 g/mol. The molecule has 8 heteroatoms. The fraction of sp³-hybridized carbons (Fsp3) is 0.400. The molecule has 0 saturated carbocycles. The van der Waals surface area contributed by atoms with Gasteiger partial charge in [0, 0.05) is 37.2 Å². The number of imide groups is 1. The van der Waals surface area contributed by atoms with Gasteiger partial charge in [-0.15, -0.1) is 0 Å². The smallest absolute Gasteiger partial charge is 0.270 e. The van der Waals surface area contributed by atoms with Gasteiger partial charge in [0.05, 0.1) is 10.3 Å². The van der Waals surface area contributed by atoms with Gasteiger partial charge in [-0.2, -0.15) is 0 Å². The Morgan fingerprint density at radius 3 is 2.78 bits per heavy atom. The fourth-order valence-electron chi connectivity index (χ4n) is 3.16. The minimum Gasteiger partial charge on any atom is -0.338 e. The minimum absolute atomic E-state index is 0.147. The Bertz CT molecular complexity index is 717. The molecule has 120 valence electrons. The highest BCUT2D eigenvalue weighted by Gasteiger charge is 2.48. The second-order valence-corrected chi connectivity index (χ2v) is 5.94. The van der Waals surface area contributed by atoms with Crippen LogP contribution in [0.25, 0.3) is 0 Å². The third-order valence-corrected chi connectivity index (χ3v) is 4.51. The number of hydrogen-bond acceptors (Lipinski definition) is 5. The molecule has 3 amide bonds. The molecule has 2 saturated heterocycles. The number of non-ortho nitro benzene ring substituents is 1. The maximum absolute atomic E-state index is 12.5. The lowest BCUT2D eigenvalue weighted by Crippen LogP contribution is -2.50. The number of nitrogens with one attached hydrogen (secondary N) is 1. The summed E-state index contributed by atoms with van der Waals surface area (Å²) in [7, 11) is 0. The summed E-state index contributed by atoms with van der Waals surface area (Å²) in [5.74, 6) is -0.956. The highest BCUT2D eigenvalue weighted by Crippen LogP contribution is 2.38. The maximum Gasteiger partial charge on any atom is 0.270 e. The number of nitrogens with zero attached hydrogens (tertiary/aromatic N) is 2. The Labute approximate surface area is 131 Å². The summed E-state index contributed by atoms with van der Waals surface area (Å²) in [4.78, 5) is 47.7. The van der Waals surface area contributed by atoms with Gasteiger partial charge in [0.25, 0.3) is 11.6 Å². The van der Waals surface area contributed by atoms with E-state index in [1.165, 1.54) is 29.2 Å². The van der Waals surface area contributed by atoms with Crippen LogP contribution in [0.3, 0.4) is 0 Å². The van der Waals surface area contributed by atoms with Crippen molar-refractivity contribution in [2.24, 2.45) is 5.41 Å². The molecule has 2 aliphatic rings. The van der Waals surface area contributed by atoms with Gasteiger partial charge in [0.1, 0.15) is 0 Å². The van der Waals surface area contributed by atoms with Gasteiger partial charge in [0.15, 0.2) is 0 Å². The van der Waals surface area contributed by atoms with Crippen LogP contribution in [0.1, 0.15) is 29.6 Å². The van der Waals surface area contributed by atoms with E-state index in [0.29, 0.717) is 19.4 Å². The standard InChI is InChI=1S/C15H15N3O5/c19-12-4-5-15(14(21)16-12)6-7-17(9-15)13(20)10-2-1-3-11(8-10)18(22)23/h1-3,8H,4-7,9H2,(H,16,19,21). The van der Waals surface area contributed by atoms with Crippen molar-refractivity contribution in [2.75, 3.05) is 13.1 Å². The second-order valence-electron chi connectivity index (χ2n) is 5.94. The molecule has 1 atom stereocenters. The quantitative estimate of drug-likeness (QED) is 0.494. The number of amides is 3. The van der Waals surface area contributed by atoms with Crippen molar-refractivity contribution in [2.45, 2.75) is 19.3 Å². The number of carbonyl (C=O) groups is 3. The van der Waals surface area contributed by atoms with E-state index in [1.54, 1.807) is 0 Å². The Morgan fingerprint density at radius 2 is 2.09 bits per heavy atom. The van der Waals surface area contributed by atoms with E-state index in [2.05, 4.69) is 5.32 Å². The number of carbonyl (C=O) groups excluding carboxylic acids is 3. The summed E-state index contributed by atoms with van der Waals surface area (Å²) < 4.78 is 0. The highest BCUT2D eigenvalue weighted by molar-refractivity contribution is 6.02. The summed E-state index contributed by atoms with van der Waals surface area (Å²) >= 11 is 0. The van der Waals surface area contributed by atoms with Gasteiger partial charge in [-0.05, 0) is 18.9 Å². The number of nitro groups is 1. The van der Waals surface area contributed by atoms with Crippen molar-refractivity contribution in [1.82, 2.24) is 10.2 Å². The van der Waals surface area contributed by atoms with Crippen molar-refractivity contribution in [1.29, 1.82) is 0 Å². The lowest BCUT2D eigenvalue weighted by atomic mass is 9.79. The first-order chi connectivity index (χ1) is 10.9. The van der Waals surface area contributed by atoms with Crippen LogP contribution in [-0.2, 0) is 9.59 Å². The van der Waals surface area contributed by atoms with Gasteiger partial charge < -0.3 is 4.90 Å². The molecule has 0 aromatic heterocycles. The van der Waals surface area contributed by atoms with E-state index in [-0.39, 0.29) is 41.9 Å². The van der Waals surface area contributed by atoms with Crippen LogP contribution in [0.5, 0.6) is 0 Å². The normalized spacial score (nSPS) is 23.9. The molecule has 0 aliphatic carbocycles. The van der Waals surface area contributed by atoms with Crippen LogP contribution in [0.4, 0.5) is 5.69 Å². The monoisotopic (exact) mass is 317 g/mol. The van der Waals surface area contributed by atoms with E-state index in [9.17, 15) is 24.5 Å². The third-order valence-electron chi connectivity index (χ3n) is 4.51. The molecule has 0 bridgehead atoms. The molecule has 1 N–H and O–H groups in total. The Balaban J connectivity index is 1.77. The molecule has 2 fully saturated rings. The second kappa shape index (κ2) is 5.45. The number of rotatable bonds is 2. The van der Waals surface area contributed by atoms with Gasteiger partial charge in [0.2, 0.25) is 11.8 Å². The van der Waals surface area contributed by atoms with Crippen molar-refractivity contribution < 1.29 is 19.3 Å². The van der Waals surface area contributed by atoms with Gasteiger partial charge in [-0.25, -0.2) is 0 Å². The molecule has 1 aromatic rings. The zero-order valence-electron chi connectivity index (χ0n) is 12.3. The lowest BCUT2D eigenvalue weighted by Gasteiger charge is -2.31. The lowest BCUT2D eigenvalue weighted by molar-refractivity contribution is -0.384. The molecular weight excluding hydrogens is 302 g/mol. The number of likely N-dealkylation sites (tertiary alicyclic amines) is 1. The largest absolute Gasteiger partial charge is 0.338 e. The summed E-state index contributed by atoms with van der Waals surface area (Å²) in [5.41, 5.74) is -0.640. The van der Waals surface area contributed by atoms with Crippen LogP contribution in [0.15, 0.2) is 24.3 Å². The van der Waals surface area contributed by atoms with Crippen molar-refractivity contribution >= 4 is 23.4 Å². The molecule has 23 heavy (non-hydrogen) atoms. The summed E-state index contributed by atoms with van der Waals surface area (Å²) in [5, 5.41) is 13.1. The highest BCUT2D eigenvalue weighted by atomic mass is 16.6. The van der Waals surface area contributed by atoms with E-state index in [0.717, 1.165) is 0 Å². The van der Waals surface area contributed by atoms with Crippen molar-refractivity contribution in [3.8, 4) is 0 Å². The van der Waals surface area contributed by atoms with Crippen LogP contribution in [0.2, 0.25) is 0 Å². The van der Waals surface area contributed by atoms with Crippen LogP contribution >= 0.6 is 0 Å². The van der Waals surface area contributed by atoms with E-state index >= 15 is 0 Å². The van der Waals surface area contributed by atoms with E-state index in [4.69, 9.17) is 0 Å². The minimum atomic E-state index is -0.718. The first-order valence-electron chi connectivity index (χ1n) is 7.29. The molecular formula is C15H15N3O5. The van der Waals surface area contributed by atoms with Crippen molar-refractivity contribution in [3.05, 3.63) is 39.9 Å². The fourth-order valence-corrected chi connectivity index (χ4v) is 3.16. The summed E-state index contributed by atoms with van der Waals surface area (Å²) in [6.07, 6.45) is 1.19. The maximum atomic E-state index is 12.5. The van der Waals surface area contributed by atoms with Gasteiger partial charge in [-0.3, -0.25) is 29.8 Å². The van der Waals surface area contributed by atoms with Crippen LogP contribution in [0, 0.1) is 15.5 Å². The Morgan fingerprint density at radius 1 is 1.30 bits per heavy atom. The number of benzene rings is 1. The third kappa shape index (κ3) is 2.67. The van der Waals surface area contributed by atoms with Crippen LogP contribution in [-0.4, -0.2) is 40.6 Å². The summed E-state index contributed by atoms with van der Waals surface area (Å²) in [6.45, 7) is 0.622. The molecule has 2 aliphatic heterocycles. The average Bonchev–Trinajstić information content (AvgIpc) is 2.96. The number of nitro benzene ring substituents is 1. The molecule has 8 nitrogen and oxygen atoms in total. The number of hydrogen-bond donors (Lipinski definition) is 1. The van der Waals surface area contributed by atoms with E-state index in [1.807, 2.05) is 0 Å². The predicted octanol–water partition coefficient (Wildman–Crippen LogP) is 0.864. The van der Waals surface area contributed by atoms with Crippen LogP contribution < -0.4 is 5.32 Å².